The van der Waals surface area contributed by atoms with E-state index in [9.17, 15) is 4.79 Å². The lowest BCUT2D eigenvalue weighted by atomic mass is 9.94. The lowest BCUT2D eigenvalue weighted by Gasteiger charge is -2.39. The number of carboxylic acids is 1. The van der Waals surface area contributed by atoms with Crippen LogP contribution >= 0.6 is 11.3 Å². The Morgan fingerprint density at radius 1 is 1.67 bits per heavy atom. The number of likely N-dealkylation sites (tertiary alicyclic amines) is 1. The predicted molar refractivity (Wildman–Crippen MR) is 71.2 cm³/mol. The molecule has 1 aliphatic heterocycles. The molecule has 4 nitrogen and oxygen atoms in total. The van der Waals surface area contributed by atoms with Gasteiger partial charge in [0.2, 0.25) is 0 Å². The Kier molecular flexibility index (Phi) is 4.04. The largest absolute Gasteiger partial charge is 0.477 e. The van der Waals surface area contributed by atoms with E-state index in [0.29, 0.717) is 11.4 Å². The first-order chi connectivity index (χ1) is 8.54. The molecule has 2 heterocycles. The Balaban J connectivity index is 2.05. The van der Waals surface area contributed by atoms with E-state index in [2.05, 4.69) is 11.8 Å². The first-order valence-electron chi connectivity index (χ1n) is 6.11. The zero-order chi connectivity index (χ0) is 13.2. The van der Waals surface area contributed by atoms with Crippen LogP contribution in [-0.2, 0) is 11.3 Å². The van der Waals surface area contributed by atoms with Gasteiger partial charge in [-0.15, -0.1) is 11.3 Å². The molecule has 1 aliphatic rings. The van der Waals surface area contributed by atoms with E-state index in [1.165, 1.54) is 11.3 Å². The fourth-order valence-electron chi connectivity index (χ4n) is 2.50. The summed E-state index contributed by atoms with van der Waals surface area (Å²) in [6.07, 6.45) is 2.16. The molecule has 0 amide bonds. The number of methoxy groups -OCH3 is 1. The van der Waals surface area contributed by atoms with Crippen molar-refractivity contribution < 1.29 is 14.6 Å². The second-order valence-electron chi connectivity index (χ2n) is 5.05. The summed E-state index contributed by atoms with van der Waals surface area (Å²) in [5.74, 6) is -0.827. The summed E-state index contributed by atoms with van der Waals surface area (Å²) >= 11 is 1.29. The highest BCUT2D eigenvalue weighted by atomic mass is 32.1. The number of piperidine rings is 1. The summed E-state index contributed by atoms with van der Waals surface area (Å²) in [5.41, 5.74) is 0.811. The third-order valence-corrected chi connectivity index (χ3v) is 4.51. The molecule has 1 N–H and O–H groups in total. The summed E-state index contributed by atoms with van der Waals surface area (Å²) in [6.45, 7) is 4.68. The third kappa shape index (κ3) is 2.91. The van der Waals surface area contributed by atoms with Crippen LogP contribution < -0.4 is 0 Å². The quantitative estimate of drug-likeness (QED) is 0.912. The number of aromatic carboxylic acids is 1. The summed E-state index contributed by atoms with van der Waals surface area (Å²) < 4.78 is 5.55. The van der Waals surface area contributed by atoms with E-state index in [1.807, 2.05) is 11.4 Å². The van der Waals surface area contributed by atoms with Crippen molar-refractivity contribution in [2.75, 3.05) is 20.2 Å². The second-order valence-corrected chi connectivity index (χ2v) is 5.96. The molecule has 1 fully saturated rings. The van der Waals surface area contributed by atoms with Crippen LogP contribution in [0.3, 0.4) is 0 Å². The van der Waals surface area contributed by atoms with Gasteiger partial charge in [-0.25, -0.2) is 4.79 Å². The molecule has 1 unspecified atom stereocenters. The summed E-state index contributed by atoms with van der Waals surface area (Å²) in [5, 5.41) is 10.9. The van der Waals surface area contributed by atoms with E-state index in [-0.39, 0.29) is 5.60 Å². The molecular formula is C13H19NO3S. The molecule has 2 rings (SSSR count). The third-order valence-electron chi connectivity index (χ3n) is 3.57. The van der Waals surface area contributed by atoms with E-state index < -0.39 is 5.97 Å². The lowest BCUT2D eigenvalue weighted by molar-refractivity contribution is -0.0527. The molecule has 0 radical (unpaired) electrons. The van der Waals surface area contributed by atoms with Gasteiger partial charge in [0.25, 0.3) is 0 Å². The molecule has 0 aromatic carbocycles. The lowest BCUT2D eigenvalue weighted by Crippen LogP contribution is -2.46. The van der Waals surface area contributed by atoms with E-state index in [1.54, 1.807) is 7.11 Å². The molecule has 0 saturated carbocycles. The van der Waals surface area contributed by atoms with Gasteiger partial charge in [-0.1, -0.05) is 0 Å². The molecule has 0 aliphatic carbocycles. The van der Waals surface area contributed by atoms with Gasteiger partial charge in [0, 0.05) is 20.2 Å². The number of hydrogen-bond donors (Lipinski definition) is 1. The van der Waals surface area contributed by atoms with Crippen LogP contribution in [0.1, 0.15) is 35.0 Å². The predicted octanol–water partition coefficient (Wildman–Crippen LogP) is 2.45. The molecule has 1 atom stereocenters. The van der Waals surface area contributed by atoms with E-state index in [4.69, 9.17) is 9.84 Å². The van der Waals surface area contributed by atoms with Gasteiger partial charge in [0.1, 0.15) is 4.88 Å². The summed E-state index contributed by atoms with van der Waals surface area (Å²) in [4.78, 5) is 13.8. The van der Waals surface area contributed by atoms with Crippen molar-refractivity contribution in [1.82, 2.24) is 4.90 Å². The van der Waals surface area contributed by atoms with Gasteiger partial charge in [-0.2, -0.15) is 0 Å². The molecule has 1 aromatic heterocycles. The minimum Gasteiger partial charge on any atom is -0.477 e. The van der Waals surface area contributed by atoms with Gasteiger partial charge >= 0.3 is 5.97 Å². The molecule has 18 heavy (non-hydrogen) atoms. The fraction of sp³-hybridized carbons (Fsp3) is 0.615. The number of hydrogen-bond acceptors (Lipinski definition) is 4. The minimum atomic E-state index is -0.827. The number of carbonyl (C=O) groups is 1. The number of carboxylic acid groups (broad SMARTS) is 1. The van der Waals surface area contributed by atoms with Crippen LogP contribution in [0.15, 0.2) is 11.4 Å². The molecule has 1 saturated heterocycles. The highest BCUT2D eigenvalue weighted by molar-refractivity contribution is 7.12. The van der Waals surface area contributed by atoms with Gasteiger partial charge in [0.05, 0.1) is 5.60 Å². The molecule has 5 heteroatoms. The van der Waals surface area contributed by atoms with Crippen molar-refractivity contribution in [3.05, 3.63) is 21.9 Å². The summed E-state index contributed by atoms with van der Waals surface area (Å²) in [6, 6.07) is 1.91. The van der Waals surface area contributed by atoms with Gasteiger partial charge < -0.3 is 9.84 Å². The van der Waals surface area contributed by atoms with Crippen LogP contribution in [0, 0.1) is 0 Å². The van der Waals surface area contributed by atoms with Crippen molar-refractivity contribution in [1.29, 1.82) is 0 Å². The number of thiophene rings is 1. The topological polar surface area (TPSA) is 49.8 Å². The van der Waals surface area contributed by atoms with Crippen molar-refractivity contribution >= 4 is 17.3 Å². The Morgan fingerprint density at radius 3 is 3.11 bits per heavy atom. The SMILES string of the molecule is COC1(C)CCCN(Cc2ccsc2C(=O)O)C1. The molecule has 1 aromatic rings. The molecule has 0 bridgehead atoms. The van der Waals surface area contributed by atoms with Gasteiger partial charge in [-0.3, -0.25) is 4.90 Å². The normalized spacial score (nSPS) is 25.2. The van der Waals surface area contributed by atoms with Gasteiger partial charge in [-0.05, 0) is 43.3 Å². The van der Waals surface area contributed by atoms with Crippen LogP contribution in [-0.4, -0.2) is 41.8 Å². The highest BCUT2D eigenvalue weighted by Crippen LogP contribution is 2.26. The fourth-order valence-corrected chi connectivity index (χ4v) is 3.25. The number of rotatable bonds is 4. The molecular weight excluding hydrogens is 250 g/mol. The highest BCUT2D eigenvalue weighted by Gasteiger charge is 2.31. The zero-order valence-electron chi connectivity index (χ0n) is 10.8. The van der Waals surface area contributed by atoms with Crippen LogP contribution in [0.5, 0.6) is 0 Å². The Morgan fingerprint density at radius 2 is 2.44 bits per heavy atom. The Bertz CT molecular complexity index is 432. The van der Waals surface area contributed by atoms with Crippen molar-refractivity contribution in [2.24, 2.45) is 0 Å². The second kappa shape index (κ2) is 5.38. The monoisotopic (exact) mass is 269 g/mol. The maximum atomic E-state index is 11.1. The number of nitrogens with zero attached hydrogens (tertiary/aromatic N) is 1. The van der Waals surface area contributed by atoms with Crippen molar-refractivity contribution in [2.45, 2.75) is 31.9 Å². The Hall–Kier alpha value is -0.910. The number of ether oxygens (including phenoxy) is 1. The van der Waals surface area contributed by atoms with Crippen LogP contribution in [0.4, 0.5) is 0 Å². The van der Waals surface area contributed by atoms with Crippen molar-refractivity contribution in [3.63, 3.8) is 0 Å². The first-order valence-corrected chi connectivity index (χ1v) is 6.99. The van der Waals surface area contributed by atoms with Crippen LogP contribution in [0.2, 0.25) is 0 Å². The smallest absolute Gasteiger partial charge is 0.346 e. The average Bonchev–Trinajstić information content (AvgIpc) is 2.77. The van der Waals surface area contributed by atoms with E-state index >= 15 is 0 Å². The minimum absolute atomic E-state index is 0.0995. The average molecular weight is 269 g/mol. The molecule has 100 valence electrons. The van der Waals surface area contributed by atoms with E-state index in [0.717, 1.165) is 31.5 Å². The summed E-state index contributed by atoms with van der Waals surface area (Å²) in [7, 11) is 1.75. The Labute approximate surface area is 111 Å². The molecule has 0 spiro atoms. The maximum absolute atomic E-state index is 11.1. The van der Waals surface area contributed by atoms with Gasteiger partial charge in [0.15, 0.2) is 0 Å². The maximum Gasteiger partial charge on any atom is 0.346 e. The van der Waals surface area contributed by atoms with Crippen LogP contribution in [0.25, 0.3) is 0 Å². The van der Waals surface area contributed by atoms with Crippen molar-refractivity contribution in [3.8, 4) is 0 Å². The zero-order valence-corrected chi connectivity index (χ0v) is 11.6. The first kappa shape index (κ1) is 13.5. The standard InChI is InChI=1S/C13H19NO3S/c1-13(17-2)5-3-6-14(9-13)8-10-4-7-18-11(10)12(15)16/h4,7H,3,5-6,8-9H2,1-2H3,(H,15,16).